The number of aliphatic hydroxyl groups is 1. The standard InChI is InChI=1S/C18H16O3/c1-18(20,16-6-4-3-5-7-16)13-12-14-8-10-15(11-9-14)17(19)21-2/h3-11,20H,1-2H3. The van der Waals surface area contributed by atoms with Crippen LogP contribution in [0.5, 0.6) is 0 Å². The minimum absolute atomic E-state index is 0.384. The first-order valence-corrected chi connectivity index (χ1v) is 6.52. The molecule has 106 valence electrons. The van der Waals surface area contributed by atoms with Crippen LogP contribution in [-0.4, -0.2) is 18.2 Å². The topological polar surface area (TPSA) is 46.5 Å². The molecule has 0 saturated carbocycles. The van der Waals surface area contributed by atoms with Crippen molar-refractivity contribution in [3.8, 4) is 11.8 Å². The van der Waals surface area contributed by atoms with E-state index < -0.39 is 5.60 Å². The Morgan fingerprint density at radius 1 is 1.10 bits per heavy atom. The van der Waals surface area contributed by atoms with Gasteiger partial charge in [-0.15, -0.1) is 0 Å². The highest BCUT2D eigenvalue weighted by atomic mass is 16.5. The minimum atomic E-state index is -1.22. The molecule has 2 aromatic rings. The SMILES string of the molecule is COC(=O)c1ccc(C#CC(C)(O)c2ccccc2)cc1. The van der Waals surface area contributed by atoms with Crippen LogP contribution in [0, 0.1) is 11.8 Å². The molecule has 0 amide bonds. The van der Waals surface area contributed by atoms with Crippen LogP contribution in [-0.2, 0) is 10.3 Å². The summed E-state index contributed by atoms with van der Waals surface area (Å²) < 4.78 is 4.63. The number of rotatable bonds is 2. The van der Waals surface area contributed by atoms with Crippen molar-refractivity contribution in [1.29, 1.82) is 0 Å². The lowest BCUT2D eigenvalue weighted by Crippen LogP contribution is -2.18. The number of ether oxygens (including phenoxy) is 1. The third-order valence-electron chi connectivity index (χ3n) is 3.09. The molecule has 1 atom stereocenters. The van der Waals surface area contributed by atoms with Crippen molar-refractivity contribution in [1.82, 2.24) is 0 Å². The molecule has 0 aromatic heterocycles. The van der Waals surface area contributed by atoms with Gasteiger partial charge in [0.2, 0.25) is 0 Å². The zero-order chi connectivity index (χ0) is 15.3. The first-order chi connectivity index (χ1) is 10.0. The summed E-state index contributed by atoms with van der Waals surface area (Å²) in [6.07, 6.45) is 0. The summed E-state index contributed by atoms with van der Waals surface area (Å²) >= 11 is 0. The summed E-state index contributed by atoms with van der Waals surface area (Å²) in [5, 5.41) is 10.4. The quantitative estimate of drug-likeness (QED) is 0.679. The summed E-state index contributed by atoms with van der Waals surface area (Å²) in [6.45, 7) is 1.65. The van der Waals surface area contributed by atoms with Crippen LogP contribution in [0.3, 0.4) is 0 Å². The van der Waals surface area contributed by atoms with Crippen molar-refractivity contribution in [3.63, 3.8) is 0 Å². The normalized spacial score (nSPS) is 12.7. The fourth-order valence-corrected chi connectivity index (χ4v) is 1.84. The van der Waals surface area contributed by atoms with Crippen molar-refractivity contribution in [3.05, 3.63) is 71.3 Å². The number of hydrogen-bond donors (Lipinski definition) is 1. The Hall–Kier alpha value is -2.57. The second kappa shape index (κ2) is 6.25. The van der Waals surface area contributed by atoms with Crippen LogP contribution in [0.25, 0.3) is 0 Å². The zero-order valence-corrected chi connectivity index (χ0v) is 12.0. The molecule has 0 radical (unpaired) electrons. The van der Waals surface area contributed by atoms with Crippen LogP contribution in [0.15, 0.2) is 54.6 Å². The maximum Gasteiger partial charge on any atom is 0.337 e. The largest absolute Gasteiger partial charge is 0.465 e. The minimum Gasteiger partial charge on any atom is -0.465 e. The van der Waals surface area contributed by atoms with Gasteiger partial charge in [0.15, 0.2) is 0 Å². The van der Waals surface area contributed by atoms with Gasteiger partial charge >= 0.3 is 5.97 Å². The van der Waals surface area contributed by atoms with E-state index in [1.807, 2.05) is 30.3 Å². The van der Waals surface area contributed by atoms with E-state index in [1.54, 1.807) is 31.2 Å². The number of benzene rings is 2. The number of hydrogen-bond acceptors (Lipinski definition) is 3. The van der Waals surface area contributed by atoms with Gasteiger partial charge in [0.1, 0.15) is 5.60 Å². The van der Waals surface area contributed by atoms with Crippen molar-refractivity contribution in [2.45, 2.75) is 12.5 Å². The predicted molar refractivity (Wildman–Crippen MR) is 80.7 cm³/mol. The van der Waals surface area contributed by atoms with Gasteiger partial charge in [-0.2, -0.15) is 0 Å². The van der Waals surface area contributed by atoms with Crippen molar-refractivity contribution in [2.75, 3.05) is 7.11 Å². The van der Waals surface area contributed by atoms with E-state index >= 15 is 0 Å². The Bertz CT molecular complexity index is 674. The Balaban J connectivity index is 2.21. The predicted octanol–water partition coefficient (Wildman–Crippen LogP) is 2.73. The lowest BCUT2D eigenvalue weighted by molar-refractivity contribution is 0.0600. The van der Waals surface area contributed by atoms with Gasteiger partial charge in [-0.3, -0.25) is 0 Å². The third-order valence-corrected chi connectivity index (χ3v) is 3.09. The van der Waals surface area contributed by atoms with Crippen LogP contribution < -0.4 is 0 Å². The van der Waals surface area contributed by atoms with E-state index in [1.165, 1.54) is 7.11 Å². The second-order valence-corrected chi connectivity index (χ2v) is 4.76. The van der Waals surface area contributed by atoms with Crippen LogP contribution >= 0.6 is 0 Å². The molecule has 0 saturated heterocycles. The van der Waals surface area contributed by atoms with Gasteiger partial charge in [0.25, 0.3) is 0 Å². The summed E-state index contributed by atoms with van der Waals surface area (Å²) in [5.41, 5.74) is 0.711. The molecule has 0 aliphatic rings. The maximum atomic E-state index is 11.3. The number of esters is 1. The molecule has 0 fully saturated rings. The first-order valence-electron chi connectivity index (χ1n) is 6.52. The fourth-order valence-electron chi connectivity index (χ4n) is 1.84. The van der Waals surface area contributed by atoms with Gasteiger partial charge in [-0.05, 0) is 36.8 Å². The lowest BCUT2D eigenvalue weighted by atomic mass is 9.96. The molecule has 0 spiro atoms. The molecule has 3 heteroatoms. The van der Waals surface area contributed by atoms with E-state index in [0.29, 0.717) is 5.56 Å². The molecular formula is C18H16O3. The average molecular weight is 280 g/mol. The zero-order valence-electron chi connectivity index (χ0n) is 12.0. The van der Waals surface area contributed by atoms with Gasteiger partial charge in [0.05, 0.1) is 12.7 Å². The first kappa shape index (κ1) is 14.8. The van der Waals surface area contributed by atoms with Crippen LogP contribution in [0.2, 0.25) is 0 Å². The van der Waals surface area contributed by atoms with Gasteiger partial charge in [-0.25, -0.2) is 4.79 Å². The molecule has 2 rings (SSSR count). The lowest BCUT2D eigenvalue weighted by Gasteiger charge is -2.16. The highest BCUT2D eigenvalue weighted by Gasteiger charge is 2.19. The number of carbonyl (C=O) groups excluding carboxylic acids is 1. The van der Waals surface area contributed by atoms with Crippen molar-refractivity contribution in [2.24, 2.45) is 0 Å². The monoisotopic (exact) mass is 280 g/mol. The Kier molecular flexibility index (Phi) is 4.42. The van der Waals surface area contributed by atoms with E-state index in [-0.39, 0.29) is 5.97 Å². The second-order valence-electron chi connectivity index (χ2n) is 4.76. The highest BCUT2D eigenvalue weighted by molar-refractivity contribution is 5.89. The Labute approximate surface area is 124 Å². The summed E-state index contributed by atoms with van der Waals surface area (Å²) in [6, 6.07) is 16.0. The summed E-state index contributed by atoms with van der Waals surface area (Å²) in [7, 11) is 1.34. The van der Waals surface area contributed by atoms with Crippen LogP contribution in [0.1, 0.15) is 28.4 Å². The van der Waals surface area contributed by atoms with E-state index in [2.05, 4.69) is 16.6 Å². The smallest absolute Gasteiger partial charge is 0.337 e. The van der Waals surface area contributed by atoms with Gasteiger partial charge in [0, 0.05) is 5.56 Å². The molecule has 0 bridgehead atoms. The fraction of sp³-hybridized carbons (Fsp3) is 0.167. The van der Waals surface area contributed by atoms with Crippen molar-refractivity contribution < 1.29 is 14.6 Å². The summed E-state index contributed by atoms with van der Waals surface area (Å²) in [5.74, 6) is 5.38. The number of carbonyl (C=O) groups is 1. The number of methoxy groups -OCH3 is 1. The summed E-state index contributed by atoms with van der Waals surface area (Å²) in [4.78, 5) is 11.3. The molecule has 0 heterocycles. The van der Waals surface area contributed by atoms with E-state index in [9.17, 15) is 9.90 Å². The van der Waals surface area contributed by atoms with Crippen LogP contribution in [0.4, 0.5) is 0 Å². The van der Waals surface area contributed by atoms with E-state index in [0.717, 1.165) is 11.1 Å². The Morgan fingerprint density at radius 2 is 1.71 bits per heavy atom. The van der Waals surface area contributed by atoms with Gasteiger partial charge < -0.3 is 9.84 Å². The molecule has 1 unspecified atom stereocenters. The van der Waals surface area contributed by atoms with Gasteiger partial charge in [-0.1, -0.05) is 42.2 Å². The highest BCUT2D eigenvalue weighted by Crippen LogP contribution is 2.19. The molecule has 1 N–H and O–H groups in total. The average Bonchev–Trinajstić information content (AvgIpc) is 2.53. The van der Waals surface area contributed by atoms with E-state index in [4.69, 9.17) is 0 Å². The molecule has 21 heavy (non-hydrogen) atoms. The molecule has 0 aliphatic heterocycles. The third kappa shape index (κ3) is 3.71. The maximum absolute atomic E-state index is 11.3. The van der Waals surface area contributed by atoms with Crippen molar-refractivity contribution >= 4 is 5.97 Å². The molecule has 2 aromatic carbocycles. The Morgan fingerprint density at radius 3 is 2.29 bits per heavy atom. The molecule has 3 nitrogen and oxygen atoms in total. The molecule has 0 aliphatic carbocycles. The molecular weight excluding hydrogens is 264 g/mol.